The van der Waals surface area contributed by atoms with Crippen LogP contribution in [0.1, 0.15) is 36.0 Å². The Morgan fingerprint density at radius 2 is 1.44 bits per heavy atom. The predicted octanol–water partition coefficient (Wildman–Crippen LogP) is 2.00. The molecule has 0 N–H and O–H groups in total. The van der Waals surface area contributed by atoms with Crippen LogP contribution in [0.15, 0.2) is 24.3 Å². The number of anilines is 1. The van der Waals surface area contributed by atoms with E-state index in [4.69, 9.17) is 4.74 Å². The van der Waals surface area contributed by atoms with Crippen LogP contribution in [0.5, 0.6) is 0 Å². The molecule has 3 aliphatic heterocycles. The lowest BCUT2D eigenvalue weighted by molar-refractivity contribution is -0.141. The highest BCUT2D eigenvalue weighted by Gasteiger charge is 2.31. The van der Waals surface area contributed by atoms with Gasteiger partial charge >= 0.3 is 0 Å². The zero-order valence-corrected chi connectivity index (χ0v) is 15.9. The van der Waals surface area contributed by atoms with Crippen LogP contribution in [0, 0.1) is 5.92 Å². The Labute approximate surface area is 161 Å². The Hall–Kier alpha value is -2.08. The third-order valence-electron chi connectivity index (χ3n) is 6.04. The van der Waals surface area contributed by atoms with E-state index in [2.05, 4.69) is 17.0 Å². The second kappa shape index (κ2) is 8.30. The molecule has 0 spiro atoms. The fourth-order valence-corrected chi connectivity index (χ4v) is 4.34. The summed E-state index contributed by atoms with van der Waals surface area (Å²) in [5, 5.41) is 0. The molecule has 6 nitrogen and oxygen atoms in total. The number of nitrogens with zero attached hydrogens (tertiary/aromatic N) is 3. The minimum Gasteiger partial charge on any atom is -0.378 e. The first-order valence-electron chi connectivity index (χ1n) is 10.2. The highest BCUT2D eigenvalue weighted by Crippen LogP contribution is 2.24. The first kappa shape index (κ1) is 18.3. The molecule has 27 heavy (non-hydrogen) atoms. The number of hydrogen-bond donors (Lipinski definition) is 0. The van der Waals surface area contributed by atoms with Crippen molar-refractivity contribution in [3.8, 4) is 0 Å². The highest BCUT2D eigenvalue weighted by molar-refractivity contribution is 5.94. The zero-order chi connectivity index (χ0) is 18.6. The monoisotopic (exact) mass is 371 g/mol. The third-order valence-corrected chi connectivity index (χ3v) is 6.04. The van der Waals surface area contributed by atoms with E-state index in [0.717, 1.165) is 31.5 Å². The molecule has 0 aliphatic carbocycles. The number of morpholine rings is 1. The largest absolute Gasteiger partial charge is 0.378 e. The Bertz CT molecular complexity index is 656. The maximum atomic E-state index is 12.8. The zero-order valence-electron chi connectivity index (χ0n) is 15.9. The Morgan fingerprint density at radius 3 is 2.07 bits per heavy atom. The molecular weight excluding hydrogens is 342 g/mol. The van der Waals surface area contributed by atoms with Crippen molar-refractivity contribution in [1.82, 2.24) is 9.80 Å². The number of carbonyl (C=O) groups excluding carboxylic acids is 2. The lowest BCUT2D eigenvalue weighted by atomic mass is 9.94. The van der Waals surface area contributed by atoms with Crippen molar-refractivity contribution < 1.29 is 14.3 Å². The van der Waals surface area contributed by atoms with Gasteiger partial charge in [0.1, 0.15) is 0 Å². The lowest BCUT2D eigenvalue weighted by Crippen LogP contribution is -2.47. The Morgan fingerprint density at radius 1 is 0.815 bits per heavy atom. The van der Waals surface area contributed by atoms with Crippen molar-refractivity contribution in [2.75, 3.05) is 57.4 Å². The summed E-state index contributed by atoms with van der Waals surface area (Å²) < 4.78 is 5.33. The average molecular weight is 371 g/mol. The van der Waals surface area contributed by atoms with Crippen LogP contribution < -0.4 is 4.90 Å². The quantitative estimate of drug-likeness (QED) is 0.816. The van der Waals surface area contributed by atoms with Crippen molar-refractivity contribution in [3.63, 3.8) is 0 Å². The van der Waals surface area contributed by atoms with Gasteiger partial charge in [-0.1, -0.05) is 0 Å². The summed E-state index contributed by atoms with van der Waals surface area (Å²) in [4.78, 5) is 31.6. The van der Waals surface area contributed by atoms with Crippen LogP contribution in [-0.4, -0.2) is 74.1 Å². The summed E-state index contributed by atoms with van der Waals surface area (Å²) in [6, 6.07) is 8.02. The van der Waals surface area contributed by atoms with Crippen LogP contribution in [0.3, 0.4) is 0 Å². The van der Waals surface area contributed by atoms with Crippen LogP contribution >= 0.6 is 0 Å². The van der Waals surface area contributed by atoms with Gasteiger partial charge in [-0.2, -0.15) is 0 Å². The molecule has 3 fully saturated rings. The summed E-state index contributed by atoms with van der Waals surface area (Å²) in [5.41, 5.74) is 1.95. The molecule has 4 rings (SSSR count). The third kappa shape index (κ3) is 4.10. The van der Waals surface area contributed by atoms with E-state index in [9.17, 15) is 9.59 Å². The summed E-state index contributed by atoms with van der Waals surface area (Å²) in [6.07, 6.45) is 4.01. The molecule has 2 amide bonds. The van der Waals surface area contributed by atoms with Crippen LogP contribution in [0.25, 0.3) is 0 Å². The van der Waals surface area contributed by atoms with Gasteiger partial charge in [0.25, 0.3) is 5.91 Å². The van der Waals surface area contributed by atoms with Gasteiger partial charge in [-0.3, -0.25) is 9.59 Å². The highest BCUT2D eigenvalue weighted by atomic mass is 16.5. The minimum atomic E-state index is 0.0460. The lowest BCUT2D eigenvalue weighted by Gasteiger charge is -2.35. The van der Waals surface area contributed by atoms with Crippen molar-refractivity contribution in [2.45, 2.75) is 25.7 Å². The summed E-state index contributed by atoms with van der Waals surface area (Å²) in [6.45, 7) is 6.20. The molecule has 3 saturated heterocycles. The topological polar surface area (TPSA) is 53.1 Å². The summed E-state index contributed by atoms with van der Waals surface area (Å²) >= 11 is 0. The first-order valence-corrected chi connectivity index (χ1v) is 10.2. The number of likely N-dealkylation sites (tertiary alicyclic amines) is 1. The molecule has 3 heterocycles. The maximum Gasteiger partial charge on any atom is 0.253 e. The van der Waals surface area contributed by atoms with E-state index < -0.39 is 0 Å². The molecule has 0 saturated carbocycles. The van der Waals surface area contributed by atoms with E-state index in [1.807, 2.05) is 21.9 Å². The predicted molar refractivity (Wildman–Crippen MR) is 104 cm³/mol. The molecule has 6 heteroatoms. The molecule has 0 atom stereocenters. The van der Waals surface area contributed by atoms with Gasteiger partial charge in [-0.05, 0) is 49.9 Å². The van der Waals surface area contributed by atoms with Crippen molar-refractivity contribution in [3.05, 3.63) is 29.8 Å². The molecular formula is C21H29N3O3. The standard InChI is InChI=1S/C21H29N3O3/c25-20(17-3-5-19(6-4-17)22-9-1-2-10-22)23-11-7-18(8-12-23)21(26)24-13-15-27-16-14-24/h3-6,18H,1-2,7-16H2. The van der Waals surface area contributed by atoms with E-state index in [1.165, 1.54) is 18.5 Å². The van der Waals surface area contributed by atoms with Gasteiger partial charge in [-0.25, -0.2) is 0 Å². The van der Waals surface area contributed by atoms with E-state index >= 15 is 0 Å². The van der Waals surface area contributed by atoms with E-state index in [-0.39, 0.29) is 17.7 Å². The van der Waals surface area contributed by atoms with Gasteiger partial charge in [-0.15, -0.1) is 0 Å². The van der Waals surface area contributed by atoms with Gasteiger partial charge in [0.2, 0.25) is 5.91 Å². The SMILES string of the molecule is O=C(c1ccc(N2CCCC2)cc1)N1CCC(C(=O)N2CCOCC2)CC1. The molecule has 0 unspecified atom stereocenters. The number of carbonyl (C=O) groups is 2. The van der Waals surface area contributed by atoms with Gasteiger partial charge < -0.3 is 19.4 Å². The molecule has 1 aromatic carbocycles. The second-order valence-corrected chi connectivity index (χ2v) is 7.75. The fourth-order valence-electron chi connectivity index (χ4n) is 4.34. The minimum absolute atomic E-state index is 0.0460. The number of amides is 2. The van der Waals surface area contributed by atoms with Crippen LogP contribution in [-0.2, 0) is 9.53 Å². The second-order valence-electron chi connectivity index (χ2n) is 7.75. The van der Waals surface area contributed by atoms with Crippen molar-refractivity contribution in [2.24, 2.45) is 5.92 Å². The Balaban J connectivity index is 1.31. The summed E-state index contributed by atoms with van der Waals surface area (Å²) in [5.74, 6) is 0.366. The number of benzene rings is 1. The molecule has 1 aromatic rings. The van der Waals surface area contributed by atoms with Crippen molar-refractivity contribution in [1.29, 1.82) is 0 Å². The van der Waals surface area contributed by atoms with Gasteiger partial charge in [0.15, 0.2) is 0 Å². The normalized spacial score (nSPS) is 21.6. The number of rotatable bonds is 3. The van der Waals surface area contributed by atoms with Gasteiger partial charge in [0, 0.05) is 56.4 Å². The van der Waals surface area contributed by atoms with E-state index in [0.29, 0.717) is 39.4 Å². The van der Waals surface area contributed by atoms with Crippen LogP contribution in [0.2, 0.25) is 0 Å². The molecule has 0 aromatic heterocycles. The van der Waals surface area contributed by atoms with Crippen molar-refractivity contribution >= 4 is 17.5 Å². The number of piperidine rings is 1. The summed E-state index contributed by atoms with van der Waals surface area (Å²) in [7, 11) is 0. The maximum absolute atomic E-state index is 12.8. The smallest absolute Gasteiger partial charge is 0.253 e. The number of hydrogen-bond acceptors (Lipinski definition) is 4. The molecule has 3 aliphatic rings. The van der Waals surface area contributed by atoms with E-state index in [1.54, 1.807) is 0 Å². The van der Waals surface area contributed by atoms with Crippen LogP contribution in [0.4, 0.5) is 5.69 Å². The molecule has 0 radical (unpaired) electrons. The Kier molecular flexibility index (Phi) is 5.62. The first-order chi connectivity index (χ1) is 13.2. The molecule has 146 valence electrons. The molecule has 0 bridgehead atoms. The fraction of sp³-hybridized carbons (Fsp3) is 0.619. The van der Waals surface area contributed by atoms with Gasteiger partial charge in [0.05, 0.1) is 13.2 Å². The number of ether oxygens (including phenoxy) is 1. The average Bonchev–Trinajstić information content (AvgIpc) is 3.28.